The summed E-state index contributed by atoms with van der Waals surface area (Å²) in [6.45, 7) is 4.33. The highest BCUT2D eigenvalue weighted by Gasteiger charge is 2.24. The molecule has 1 amide bonds. The fraction of sp³-hybridized carbons (Fsp3) is 0.889. The van der Waals surface area contributed by atoms with Gasteiger partial charge in [-0.25, -0.2) is 13.1 Å². The van der Waals surface area contributed by atoms with Crippen molar-refractivity contribution >= 4 is 15.9 Å². The average Bonchev–Trinajstić information content (AvgIpc) is 2.15. The standard InChI is InChI=1S/C9H21N3O3S/c1-9(2,10-3)8(13)11-6-5-7-12-16(4,14)15/h10,12H,5-7H2,1-4H3,(H,11,13). The molecular weight excluding hydrogens is 230 g/mol. The van der Waals surface area contributed by atoms with E-state index in [0.717, 1.165) is 6.26 Å². The molecule has 0 saturated carbocycles. The molecule has 0 aliphatic heterocycles. The van der Waals surface area contributed by atoms with Crippen LogP contribution in [0.25, 0.3) is 0 Å². The van der Waals surface area contributed by atoms with Gasteiger partial charge in [-0.05, 0) is 27.3 Å². The van der Waals surface area contributed by atoms with Crippen LogP contribution < -0.4 is 15.4 Å². The second-order valence-electron chi connectivity index (χ2n) is 4.15. The van der Waals surface area contributed by atoms with Crippen molar-refractivity contribution in [3.05, 3.63) is 0 Å². The minimum atomic E-state index is -3.13. The molecule has 7 heteroatoms. The van der Waals surface area contributed by atoms with Crippen LogP contribution in [-0.2, 0) is 14.8 Å². The fourth-order valence-corrected chi connectivity index (χ4v) is 1.40. The van der Waals surface area contributed by atoms with E-state index in [4.69, 9.17) is 0 Å². The minimum absolute atomic E-state index is 0.102. The number of carbonyl (C=O) groups excluding carboxylic acids is 1. The van der Waals surface area contributed by atoms with Crippen LogP contribution in [0, 0.1) is 0 Å². The summed E-state index contributed by atoms with van der Waals surface area (Å²) < 4.78 is 23.8. The molecule has 0 bridgehead atoms. The van der Waals surface area contributed by atoms with Crippen molar-refractivity contribution in [3.63, 3.8) is 0 Å². The van der Waals surface area contributed by atoms with Crippen molar-refractivity contribution in [2.75, 3.05) is 26.4 Å². The highest BCUT2D eigenvalue weighted by Crippen LogP contribution is 1.99. The minimum Gasteiger partial charge on any atom is -0.354 e. The van der Waals surface area contributed by atoms with E-state index in [2.05, 4.69) is 15.4 Å². The van der Waals surface area contributed by atoms with Gasteiger partial charge in [0.05, 0.1) is 11.8 Å². The van der Waals surface area contributed by atoms with E-state index in [9.17, 15) is 13.2 Å². The van der Waals surface area contributed by atoms with Gasteiger partial charge in [0.2, 0.25) is 15.9 Å². The van der Waals surface area contributed by atoms with Crippen LogP contribution in [0.5, 0.6) is 0 Å². The van der Waals surface area contributed by atoms with Crippen molar-refractivity contribution in [2.45, 2.75) is 25.8 Å². The van der Waals surface area contributed by atoms with Gasteiger partial charge < -0.3 is 10.6 Å². The smallest absolute Gasteiger partial charge is 0.239 e. The molecule has 0 unspecified atom stereocenters. The third-order valence-corrected chi connectivity index (χ3v) is 2.92. The molecule has 0 rings (SSSR count). The highest BCUT2D eigenvalue weighted by molar-refractivity contribution is 7.88. The zero-order valence-corrected chi connectivity index (χ0v) is 11.1. The van der Waals surface area contributed by atoms with Gasteiger partial charge >= 0.3 is 0 Å². The number of hydrogen-bond donors (Lipinski definition) is 3. The summed E-state index contributed by atoms with van der Waals surface area (Å²) in [7, 11) is -1.42. The van der Waals surface area contributed by atoms with Gasteiger partial charge in [-0.15, -0.1) is 0 Å². The molecule has 0 spiro atoms. The van der Waals surface area contributed by atoms with Gasteiger partial charge in [0.1, 0.15) is 0 Å². The van der Waals surface area contributed by atoms with Crippen LogP contribution in [-0.4, -0.2) is 46.3 Å². The summed E-state index contributed by atoms with van der Waals surface area (Å²) in [5, 5.41) is 5.61. The number of likely N-dealkylation sites (N-methyl/N-ethyl adjacent to an activating group) is 1. The van der Waals surface area contributed by atoms with Crippen LogP contribution in [0.1, 0.15) is 20.3 Å². The Morgan fingerprint density at radius 3 is 2.25 bits per heavy atom. The Kier molecular flexibility index (Phi) is 5.91. The molecule has 0 saturated heterocycles. The van der Waals surface area contributed by atoms with Crippen molar-refractivity contribution in [1.29, 1.82) is 0 Å². The number of hydrogen-bond acceptors (Lipinski definition) is 4. The Morgan fingerprint density at radius 2 is 1.81 bits per heavy atom. The monoisotopic (exact) mass is 251 g/mol. The molecular formula is C9H21N3O3S. The number of rotatable bonds is 7. The Morgan fingerprint density at radius 1 is 1.25 bits per heavy atom. The second-order valence-corrected chi connectivity index (χ2v) is 5.98. The normalized spacial score (nSPS) is 12.5. The lowest BCUT2D eigenvalue weighted by Gasteiger charge is -2.22. The molecule has 0 aliphatic carbocycles. The van der Waals surface area contributed by atoms with Crippen molar-refractivity contribution in [3.8, 4) is 0 Å². The van der Waals surface area contributed by atoms with Gasteiger partial charge in [-0.1, -0.05) is 0 Å². The van der Waals surface area contributed by atoms with Crippen LogP contribution in [0.2, 0.25) is 0 Å². The average molecular weight is 251 g/mol. The lowest BCUT2D eigenvalue weighted by Crippen LogP contribution is -2.51. The summed E-state index contributed by atoms with van der Waals surface area (Å²) in [6.07, 6.45) is 1.67. The fourth-order valence-electron chi connectivity index (χ4n) is 0.882. The second kappa shape index (κ2) is 6.17. The maximum atomic E-state index is 11.5. The molecule has 0 fully saturated rings. The van der Waals surface area contributed by atoms with Crippen LogP contribution >= 0.6 is 0 Å². The Balaban J connectivity index is 3.72. The van der Waals surface area contributed by atoms with Gasteiger partial charge in [0.15, 0.2) is 0 Å². The summed E-state index contributed by atoms with van der Waals surface area (Å²) in [6, 6.07) is 0. The van der Waals surface area contributed by atoms with Crippen molar-refractivity contribution in [2.24, 2.45) is 0 Å². The van der Waals surface area contributed by atoms with Crippen LogP contribution in [0.4, 0.5) is 0 Å². The number of sulfonamides is 1. The van der Waals surface area contributed by atoms with E-state index in [0.29, 0.717) is 19.5 Å². The highest BCUT2D eigenvalue weighted by atomic mass is 32.2. The van der Waals surface area contributed by atoms with E-state index in [-0.39, 0.29) is 5.91 Å². The predicted molar refractivity (Wildman–Crippen MR) is 63.6 cm³/mol. The first-order valence-corrected chi connectivity index (χ1v) is 7.00. The van der Waals surface area contributed by atoms with E-state index < -0.39 is 15.6 Å². The van der Waals surface area contributed by atoms with Gasteiger partial charge in [-0.3, -0.25) is 4.79 Å². The number of nitrogens with one attached hydrogen (secondary N) is 3. The summed E-state index contributed by atoms with van der Waals surface area (Å²) in [5.41, 5.74) is -0.607. The van der Waals surface area contributed by atoms with Gasteiger partial charge in [-0.2, -0.15) is 0 Å². The van der Waals surface area contributed by atoms with E-state index in [1.165, 1.54) is 0 Å². The molecule has 3 N–H and O–H groups in total. The van der Waals surface area contributed by atoms with E-state index >= 15 is 0 Å². The first-order valence-electron chi connectivity index (χ1n) is 5.11. The van der Waals surface area contributed by atoms with Crippen LogP contribution in [0.15, 0.2) is 0 Å². The first-order chi connectivity index (χ1) is 7.19. The zero-order valence-electron chi connectivity index (χ0n) is 10.3. The van der Waals surface area contributed by atoms with Crippen LogP contribution in [0.3, 0.4) is 0 Å². The molecule has 96 valence electrons. The Labute approximate surface area is 97.2 Å². The molecule has 0 aromatic carbocycles. The molecule has 0 aromatic rings. The number of amides is 1. The lowest BCUT2D eigenvalue weighted by molar-refractivity contribution is -0.126. The number of carbonyl (C=O) groups is 1. The van der Waals surface area contributed by atoms with E-state index in [1.54, 1.807) is 20.9 Å². The largest absolute Gasteiger partial charge is 0.354 e. The van der Waals surface area contributed by atoms with Gasteiger partial charge in [0.25, 0.3) is 0 Å². The zero-order chi connectivity index (χ0) is 12.8. The molecule has 0 radical (unpaired) electrons. The maximum absolute atomic E-state index is 11.5. The summed E-state index contributed by atoms with van der Waals surface area (Å²) >= 11 is 0. The summed E-state index contributed by atoms with van der Waals surface area (Å²) in [5.74, 6) is -0.102. The molecule has 6 nitrogen and oxygen atoms in total. The Hall–Kier alpha value is -0.660. The Bertz CT molecular complexity index is 325. The molecule has 0 atom stereocenters. The summed E-state index contributed by atoms with van der Waals surface area (Å²) in [4.78, 5) is 11.5. The molecule has 16 heavy (non-hydrogen) atoms. The van der Waals surface area contributed by atoms with Gasteiger partial charge in [0, 0.05) is 13.1 Å². The third-order valence-electron chi connectivity index (χ3n) is 2.20. The van der Waals surface area contributed by atoms with Crippen molar-refractivity contribution < 1.29 is 13.2 Å². The predicted octanol–water partition coefficient (Wildman–Crippen LogP) is -0.960. The maximum Gasteiger partial charge on any atom is 0.239 e. The SMILES string of the molecule is CNC(C)(C)C(=O)NCCCNS(C)(=O)=O. The lowest BCUT2D eigenvalue weighted by atomic mass is 10.1. The third kappa shape index (κ3) is 6.76. The quantitative estimate of drug-likeness (QED) is 0.509. The van der Waals surface area contributed by atoms with Crippen molar-refractivity contribution in [1.82, 2.24) is 15.4 Å². The molecule has 0 heterocycles. The molecule has 0 aromatic heterocycles. The first kappa shape index (κ1) is 15.3. The topological polar surface area (TPSA) is 87.3 Å². The molecule has 0 aliphatic rings. The van der Waals surface area contributed by atoms with E-state index in [1.807, 2.05) is 0 Å².